The highest BCUT2D eigenvalue weighted by Gasteiger charge is 2.31. The number of aliphatic hydroxyl groups is 1. The van der Waals surface area contributed by atoms with E-state index in [1.54, 1.807) is 4.90 Å². The van der Waals surface area contributed by atoms with Crippen molar-refractivity contribution < 1.29 is 19.4 Å². The summed E-state index contributed by atoms with van der Waals surface area (Å²) in [4.78, 5) is 14.4. The summed E-state index contributed by atoms with van der Waals surface area (Å²) < 4.78 is 10.8. The largest absolute Gasteiger partial charge is 0.454 e. The number of hydrogen-bond acceptors (Lipinski definition) is 4. The van der Waals surface area contributed by atoms with Gasteiger partial charge in [-0.05, 0) is 36.3 Å². The van der Waals surface area contributed by atoms with Gasteiger partial charge in [0.05, 0.1) is 5.70 Å². The lowest BCUT2D eigenvalue weighted by atomic mass is 10.1. The number of amides is 1. The summed E-state index contributed by atoms with van der Waals surface area (Å²) >= 11 is 0. The predicted octanol–water partition coefficient (Wildman–Crippen LogP) is 2.75. The van der Waals surface area contributed by atoms with Gasteiger partial charge < -0.3 is 19.5 Å². The van der Waals surface area contributed by atoms with Crippen molar-refractivity contribution in [2.24, 2.45) is 0 Å². The van der Waals surface area contributed by atoms with Crippen molar-refractivity contribution in [3.8, 4) is 11.5 Å². The van der Waals surface area contributed by atoms with Crippen molar-refractivity contribution in [1.29, 1.82) is 0 Å². The lowest BCUT2D eigenvalue weighted by Crippen LogP contribution is -2.24. The molecule has 0 saturated heterocycles. The Labute approximate surface area is 139 Å². The molecular formula is C19H17NO4. The summed E-state index contributed by atoms with van der Waals surface area (Å²) in [6, 6.07) is 13.3. The molecule has 0 atom stereocenters. The average Bonchev–Trinajstić information content (AvgIpc) is 3.17. The highest BCUT2D eigenvalue weighted by atomic mass is 16.7. The van der Waals surface area contributed by atoms with Crippen LogP contribution in [0.1, 0.15) is 27.9 Å². The van der Waals surface area contributed by atoms with E-state index in [9.17, 15) is 4.79 Å². The number of carbonyl (C=O) groups is 1. The molecule has 0 unspecified atom stereocenters. The standard InChI is InChI=1S/C19H17NO4/c21-9-3-8-20-16(14-4-1-2-5-15(14)19(20)22)10-13-6-7-17-18(11-13)24-12-23-17/h1-2,4-7,10-11,21H,3,8-9,12H2. The quantitative estimate of drug-likeness (QED) is 0.940. The first-order valence-corrected chi connectivity index (χ1v) is 7.91. The minimum Gasteiger partial charge on any atom is -0.454 e. The molecule has 2 aliphatic rings. The molecule has 2 aromatic carbocycles. The van der Waals surface area contributed by atoms with Gasteiger partial charge in [-0.2, -0.15) is 0 Å². The zero-order chi connectivity index (χ0) is 16.5. The first-order chi connectivity index (χ1) is 11.8. The second kappa shape index (κ2) is 6.02. The zero-order valence-electron chi connectivity index (χ0n) is 13.1. The van der Waals surface area contributed by atoms with E-state index in [4.69, 9.17) is 14.6 Å². The molecule has 0 fully saturated rings. The van der Waals surface area contributed by atoms with Gasteiger partial charge >= 0.3 is 0 Å². The molecule has 2 heterocycles. The molecule has 0 aliphatic carbocycles. The van der Waals surface area contributed by atoms with E-state index in [1.807, 2.05) is 48.5 Å². The van der Waals surface area contributed by atoms with Gasteiger partial charge in [0.15, 0.2) is 11.5 Å². The summed E-state index contributed by atoms with van der Waals surface area (Å²) in [7, 11) is 0. The number of fused-ring (bicyclic) bond motifs is 2. The van der Waals surface area contributed by atoms with Crippen LogP contribution in [0.25, 0.3) is 11.8 Å². The van der Waals surface area contributed by atoms with E-state index in [1.165, 1.54) is 0 Å². The van der Waals surface area contributed by atoms with Gasteiger partial charge in [0, 0.05) is 24.3 Å². The van der Waals surface area contributed by atoms with Crippen molar-refractivity contribution >= 4 is 17.7 Å². The minimum absolute atomic E-state index is 0.0222. The van der Waals surface area contributed by atoms with Gasteiger partial charge in [-0.1, -0.05) is 24.3 Å². The Hall–Kier alpha value is -2.79. The fraction of sp³-hybridized carbons (Fsp3) is 0.211. The van der Waals surface area contributed by atoms with Crippen LogP contribution in [-0.2, 0) is 0 Å². The first-order valence-electron chi connectivity index (χ1n) is 7.91. The molecule has 122 valence electrons. The van der Waals surface area contributed by atoms with Gasteiger partial charge in [0.25, 0.3) is 5.91 Å². The molecule has 0 saturated carbocycles. The van der Waals surface area contributed by atoms with Crippen LogP contribution < -0.4 is 9.47 Å². The smallest absolute Gasteiger partial charge is 0.258 e. The fourth-order valence-electron chi connectivity index (χ4n) is 3.06. The second-order valence-corrected chi connectivity index (χ2v) is 5.72. The number of aliphatic hydroxyl groups excluding tert-OH is 1. The van der Waals surface area contributed by atoms with Gasteiger partial charge in [0.1, 0.15) is 0 Å². The van der Waals surface area contributed by atoms with Crippen LogP contribution in [0.2, 0.25) is 0 Å². The molecule has 0 spiro atoms. The third kappa shape index (κ3) is 2.43. The lowest BCUT2D eigenvalue weighted by Gasteiger charge is -2.18. The number of carbonyl (C=O) groups excluding carboxylic acids is 1. The van der Waals surface area contributed by atoms with Crippen molar-refractivity contribution in [2.75, 3.05) is 19.9 Å². The van der Waals surface area contributed by atoms with Crippen LogP contribution in [-0.4, -0.2) is 35.9 Å². The predicted molar refractivity (Wildman–Crippen MR) is 89.6 cm³/mol. The van der Waals surface area contributed by atoms with Crippen molar-refractivity contribution in [1.82, 2.24) is 4.90 Å². The Balaban J connectivity index is 1.76. The Morgan fingerprint density at radius 3 is 2.71 bits per heavy atom. The molecule has 0 bridgehead atoms. The monoisotopic (exact) mass is 323 g/mol. The van der Waals surface area contributed by atoms with Gasteiger partial charge in [0.2, 0.25) is 6.79 Å². The normalized spacial score (nSPS) is 16.8. The SMILES string of the molecule is O=C1c2ccccc2C(=Cc2ccc3c(c2)OCO3)N1CCCO. The molecule has 5 heteroatoms. The van der Waals surface area contributed by atoms with Crippen LogP contribution in [0.3, 0.4) is 0 Å². The number of hydrogen-bond donors (Lipinski definition) is 1. The van der Waals surface area contributed by atoms with Crippen molar-refractivity contribution in [3.63, 3.8) is 0 Å². The summed E-state index contributed by atoms with van der Waals surface area (Å²) in [5.41, 5.74) is 3.40. The summed E-state index contributed by atoms with van der Waals surface area (Å²) in [6.07, 6.45) is 2.52. The molecule has 2 aromatic rings. The Morgan fingerprint density at radius 1 is 1.08 bits per heavy atom. The average molecular weight is 323 g/mol. The first kappa shape index (κ1) is 14.8. The van der Waals surface area contributed by atoms with Crippen molar-refractivity contribution in [2.45, 2.75) is 6.42 Å². The summed E-state index contributed by atoms with van der Waals surface area (Å²) in [6.45, 7) is 0.775. The van der Waals surface area contributed by atoms with Gasteiger partial charge in [-0.15, -0.1) is 0 Å². The maximum atomic E-state index is 12.6. The third-order valence-electron chi connectivity index (χ3n) is 4.21. The minimum atomic E-state index is -0.0222. The molecule has 4 rings (SSSR count). The molecule has 1 amide bonds. The number of benzene rings is 2. The molecule has 0 aromatic heterocycles. The van der Waals surface area contributed by atoms with Crippen LogP contribution in [0.5, 0.6) is 11.5 Å². The van der Waals surface area contributed by atoms with E-state index >= 15 is 0 Å². The number of nitrogens with zero attached hydrogens (tertiary/aromatic N) is 1. The van der Waals surface area contributed by atoms with E-state index in [2.05, 4.69) is 0 Å². The third-order valence-corrected chi connectivity index (χ3v) is 4.21. The maximum Gasteiger partial charge on any atom is 0.258 e. The Bertz CT molecular complexity index is 828. The molecule has 0 radical (unpaired) electrons. The molecule has 5 nitrogen and oxygen atoms in total. The van der Waals surface area contributed by atoms with Gasteiger partial charge in [-0.3, -0.25) is 4.79 Å². The fourth-order valence-corrected chi connectivity index (χ4v) is 3.06. The van der Waals surface area contributed by atoms with Crippen LogP contribution in [0, 0.1) is 0 Å². The van der Waals surface area contributed by atoms with E-state index in [-0.39, 0.29) is 19.3 Å². The lowest BCUT2D eigenvalue weighted by molar-refractivity contribution is 0.0844. The topological polar surface area (TPSA) is 59.0 Å². The Kier molecular flexibility index (Phi) is 3.70. The molecule has 2 aliphatic heterocycles. The highest BCUT2D eigenvalue weighted by molar-refractivity contribution is 6.11. The molecule has 1 N–H and O–H groups in total. The number of rotatable bonds is 4. The second-order valence-electron chi connectivity index (χ2n) is 5.72. The van der Waals surface area contributed by atoms with Crippen LogP contribution >= 0.6 is 0 Å². The van der Waals surface area contributed by atoms with E-state index in [0.29, 0.717) is 24.3 Å². The highest BCUT2D eigenvalue weighted by Crippen LogP contribution is 2.37. The van der Waals surface area contributed by atoms with Gasteiger partial charge in [-0.25, -0.2) is 0 Å². The van der Waals surface area contributed by atoms with Crippen molar-refractivity contribution in [3.05, 3.63) is 59.2 Å². The molecular weight excluding hydrogens is 306 g/mol. The summed E-state index contributed by atoms with van der Waals surface area (Å²) in [5, 5.41) is 9.12. The summed E-state index contributed by atoms with van der Waals surface area (Å²) in [5.74, 6) is 1.42. The van der Waals surface area contributed by atoms with E-state index in [0.717, 1.165) is 22.6 Å². The van der Waals surface area contributed by atoms with Crippen LogP contribution in [0.15, 0.2) is 42.5 Å². The molecule has 24 heavy (non-hydrogen) atoms. The maximum absolute atomic E-state index is 12.6. The zero-order valence-corrected chi connectivity index (χ0v) is 13.1. The van der Waals surface area contributed by atoms with E-state index < -0.39 is 0 Å². The number of ether oxygens (including phenoxy) is 2. The Morgan fingerprint density at radius 2 is 1.88 bits per heavy atom. The van der Waals surface area contributed by atoms with Crippen LogP contribution in [0.4, 0.5) is 0 Å².